The predicted molar refractivity (Wildman–Crippen MR) is 128 cm³/mol. The molecule has 1 heterocycles. The van der Waals surface area contributed by atoms with Gasteiger partial charge in [0.25, 0.3) is 5.91 Å². The van der Waals surface area contributed by atoms with Crippen molar-refractivity contribution in [3.63, 3.8) is 0 Å². The average molecular weight is 426 g/mol. The van der Waals surface area contributed by atoms with E-state index in [1.165, 1.54) is 5.56 Å². The number of para-hydroxylation sites is 1. The Labute approximate surface area is 187 Å². The summed E-state index contributed by atoms with van der Waals surface area (Å²) in [6, 6.07) is 24.2. The van der Waals surface area contributed by atoms with Gasteiger partial charge in [-0.1, -0.05) is 74.5 Å². The number of amides is 2. The summed E-state index contributed by atoms with van der Waals surface area (Å²) >= 11 is 0. The third-order valence-corrected chi connectivity index (χ3v) is 5.57. The number of anilines is 1. The van der Waals surface area contributed by atoms with Crippen molar-refractivity contribution in [2.24, 2.45) is 0 Å². The molecule has 162 valence electrons. The summed E-state index contributed by atoms with van der Waals surface area (Å²) < 4.78 is 0. The number of nitrogens with one attached hydrogen (secondary N) is 3. The molecular weight excluding hydrogens is 398 g/mol. The molecule has 32 heavy (non-hydrogen) atoms. The fraction of sp³-hybridized carbons (Fsp3) is 0.185. The lowest BCUT2D eigenvalue weighted by atomic mass is 10.0. The Hall–Kier alpha value is -3.86. The Balaban J connectivity index is 1.51. The van der Waals surface area contributed by atoms with Crippen LogP contribution in [0.4, 0.5) is 5.69 Å². The number of rotatable bonds is 7. The summed E-state index contributed by atoms with van der Waals surface area (Å²) in [5.41, 5.74) is 4.52. The highest BCUT2D eigenvalue weighted by molar-refractivity contribution is 5.98. The quantitative estimate of drug-likeness (QED) is 0.374. The van der Waals surface area contributed by atoms with Crippen molar-refractivity contribution in [2.75, 3.05) is 5.32 Å². The first-order chi connectivity index (χ1) is 15.5. The van der Waals surface area contributed by atoms with E-state index in [1.807, 2.05) is 85.1 Å². The monoisotopic (exact) mass is 425 g/mol. The van der Waals surface area contributed by atoms with Crippen molar-refractivity contribution >= 4 is 28.4 Å². The van der Waals surface area contributed by atoms with Crippen LogP contribution in [0.5, 0.6) is 0 Å². The fourth-order valence-corrected chi connectivity index (χ4v) is 3.77. The Morgan fingerprint density at radius 3 is 2.25 bits per heavy atom. The van der Waals surface area contributed by atoms with E-state index in [0.29, 0.717) is 11.6 Å². The first-order valence-electron chi connectivity index (χ1n) is 10.8. The zero-order chi connectivity index (χ0) is 22.5. The first kappa shape index (κ1) is 21.4. The fourth-order valence-electron chi connectivity index (χ4n) is 3.77. The van der Waals surface area contributed by atoms with E-state index in [1.54, 1.807) is 0 Å². The number of carbonyl (C=O) groups is 2. The van der Waals surface area contributed by atoms with Gasteiger partial charge in [0, 0.05) is 22.8 Å². The molecule has 5 heteroatoms. The molecule has 1 aromatic heterocycles. The van der Waals surface area contributed by atoms with Gasteiger partial charge in [-0.25, -0.2) is 0 Å². The van der Waals surface area contributed by atoms with Gasteiger partial charge in [0.1, 0.15) is 6.04 Å². The number of H-pyrrole nitrogens is 1. The van der Waals surface area contributed by atoms with E-state index in [-0.39, 0.29) is 18.2 Å². The molecule has 2 amide bonds. The molecule has 0 saturated heterocycles. The average Bonchev–Trinajstić information content (AvgIpc) is 3.21. The highest BCUT2D eigenvalue weighted by atomic mass is 16.2. The second-order valence-corrected chi connectivity index (χ2v) is 8.21. The molecule has 4 rings (SSSR count). The lowest BCUT2D eigenvalue weighted by molar-refractivity contribution is -0.126. The van der Waals surface area contributed by atoms with Crippen LogP contribution in [0.3, 0.4) is 0 Å². The van der Waals surface area contributed by atoms with E-state index >= 15 is 0 Å². The number of hydrogen-bond acceptors (Lipinski definition) is 2. The molecule has 3 aromatic carbocycles. The summed E-state index contributed by atoms with van der Waals surface area (Å²) in [6.45, 7) is 4.25. The highest BCUT2D eigenvalue weighted by Crippen LogP contribution is 2.21. The standard InChI is InChI=1S/C27H27N3O2/c1-18(2)19-12-14-22(15-13-19)29-27(32)26(20-8-4-3-5-9-20)30-25(31)16-21-17-28-24-11-7-6-10-23(21)24/h3-15,17-18,26,28H,16H2,1-2H3,(H,29,32)(H,30,31)/t26-/m1/s1. The number of aromatic amines is 1. The lowest BCUT2D eigenvalue weighted by Crippen LogP contribution is -2.37. The molecular formula is C27H27N3O2. The SMILES string of the molecule is CC(C)c1ccc(NC(=O)[C@H](NC(=O)Cc2c[nH]c3ccccc23)c2ccccc2)cc1. The Kier molecular flexibility index (Phi) is 6.36. The number of aromatic nitrogens is 1. The number of fused-ring (bicyclic) bond motifs is 1. The van der Waals surface area contributed by atoms with Gasteiger partial charge in [-0.05, 0) is 40.8 Å². The van der Waals surface area contributed by atoms with E-state index in [4.69, 9.17) is 0 Å². The zero-order valence-corrected chi connectivity index (χ0v) is 18.3. The van der Waals surface area contributed by atoms with Crippen molar-refractivity contribution in [1.29, 1.82) is 0 Å². The van der Waals surface area contributed by atoms with Crippen molar-refractivity contribution in [2.45, 2.75) is 32.2 Å². The maximum atomic E-state index is 13.2. The van der Waals surface area contributed by atoms with Crippen molar-refractivity contribution in [3.05, 3.63) is 102 Å². The Bertz CT molecular complexity index is 1210. The van der Waals surface area contributed by atoms with E-state index < -0.39 is 6.04 Å². The van der Waals surface area contributed by atoms with Crippen LogP contribution in [0.25, 0.3) is 10.9 Å². The number of hydrogen-bond donors (Lipinski definition) is 3. The summed E-state index contributed by atoms with van der Waals surface area (Å²) in [6.07, 6.45) is 2.03. The normalized spacial score (nSPS) is 12.0. The van der Waals surface area contributed by atoms with Gasteiger partial charge >= 0.3 is 0 Å². The molecule has 3 N–H and O–H groups in total. The van der Waals surface area contributed by atoms with Crippen LogP contribution in [-0.4, -0.2) is 16.8 Å². The summed E-state index contributed by atoms with van der Waals surface area (Å²) in [7, 11) is 0. The topological polar surface area (TPSA) is 74.0 Å². The van der Waals surface area contributed by atoms with Crippen molar-refractivity contribution in [1.82, 2.24) is 10.3 Å². The van der Waals surface area contributed by atoms with Gasteiger partial charge in [0.2, 0.25) is 5.91 Å². The Morgan fingerprint density at radius 2 is 1.53 bits per heavy atom. The molecule has 4 aromatic rings. The lowest BCUT2D eigenvalue weighted by Gasteiger charge is -2.19. The molecule has 0 spiro atoms. The zero-order valence-electron chi connectivity index (χ0n) is 18.3. The van der Waals surface area contributed by atoms with Crippen LogP contribution < -0.4 is 10.6 Å². The molecule has 1 atom stereocenters. The highest BCUT2D eigenvalue weighted by Gasteiger charge is 2.23. The molecule has 0 saturated carbocycles. The molecule has 0 fully saturated rings. The van der Waals surface area contributed by atoms with Gasteiger partial charge in [-0.15, -0.1) is 0 Å². The van der Waals surface area contributed by atoms with E-state index in [9.17, 15) is 9.59 Å². The smallest absolute Gasteiger partial charge is 0.251 e. The molecule has 0 bridgehead atoms. The minimum Gasteiger partial charge on any atom is -0.361 e. The van der Waals surface area contributed by atoms with Crippen LogP contribution in [0.2, 0.25) is 0 Å². The van der Waals surface area contributed by atoms with Crippen LogP contribution in [0.15, 0.2) is 85.1 Å². The minimum absolute atomic E-state index is 0.184. The third-order valence-electron chi connectivity index (χ3n) is 5.57. The van der Waals surface area contributed by atoms with Crippen molar-refractivity contribution in [3.8, 4) is 0 Å². The first-order valence-corrected chi connectivity index (χ1v) is 10.8. The second-order valence-electron chi connectivity index (χ2n) is 8.21. The largest absolute Gasteiger partial charge is 0.361 e. The van der Waals surface area contributed by atoms with Crippen LogP contribution in [0, 0.1) is 0 Å². The van der Waals surface area contributed by atoms with Gasteiger partial charge in [0.15, 0.2) is 0 Å². The van der Waals surface area contributed by atoms with Gasteiger partial charge in [0.05, 0.1) is 6.42 Å². The summed E-state index contributed by atoms with van der Waals surface area (Å²) in [5, 5.41) is 6.87. The van der Waals surface area contributed by atoms with Crippen molar-refractivity contribution < 1.29 is 9.59 Å². The number of benzene rings is 3. The number of carbonyl (C=O) groups excluding carboxylic acids is 2. The van der Waals surface area contributed by atoms with E-state index in [0.717, 1.165) is 22.0 Å². The van der Waals surface area contributed by atoms with Gasteiger partial charge in [-0.3, -0.25) is 9.59 Å². The Morgan fingerprint density at radius 1 is 0.844 bits per heavy atom. The summed E-state index contributed by atoms with van der Waals surface area (Å²) in [4.78, 5) is 29.2. The van der Waals surface area contributed by atoms with Gasteiger partial charge < -0.3 is 15.6 Å². The third kappa shape index (κ3) is 4.89. The molecule has 0 unspecified atom stereocenters. The van der Waals surface area contributed by atoms with Crippen LogP contribution in [0.1, 0.15) is 42.5 Å². The molecule has 0 aliphatic heterocycles. The predicted octanol–water partition coefficient (Wildman–Crippen LogP) is 5.33. The van der Waals surface area contributed by atoms with E-state index in [2.05, 4.69) is 29.5 Å². The van der Waals surface area contributed by atoms with Crippen LogP contribution >= 0.6 is 0 Å². The molecule has 0 aliphatic rings. The van der Waals surface area contributed by atoms with Crippen LogP contribution in [-0.2, 0) is 16.0 Å². The maximum Gasteiger partial charge on any atom is 0.251 e. The van der Waals surface area contributed by atoms with Gasteiger partial charge in [-0.2, -0.15) is 0 Å². The summed E-state index contributed by atoms with van der Waals surface area (Å²) in [5.74, 6) is -0.0738. The molecule has 5 nitrogen and oxygen atoms in total. The second kappa shape index (κ2) is 9.52. The molecule has 0 radical (unpaired) electrons. The molecule has 0 aliphatic carbocycles. The minimum atomic E-state index is -0.793. The maximum absolute atomic E-state index is 13.2.